The first kappa shape index (κ1) is 19.4. The van der Waals surface area contributed by atoms with Gasteiger partial charge in [-0.05, 0) is 46.1 Å². The number of nitrogens with one attached hydrogen (secondary N) is 2. The second-order valence-electron chi connectivity index (χ2n) is 4.90. The first-order valence-electron chi connectivity index (χ1n) is 7.13. The Bertz CT molecular complexity index is 809. The van der Waals surface area contributed by atoms with Gasteiger partial charge in [-0.1, -0.05) is 29.8 Å². The fourth-order valence-corrected chi connectivity index (χ4v) is 5.25. The lowest BCUT2D eigenvalue weighted by molar-refractivity contribution is -0.120. The molecule has 0 spiro atoms. The van der Waals surface area contributed by atoms with E-state index in [0.29, 0.717) is 18.0 Å². The van der Waals surface area contributed by atoms with Gasteiger partial charge in [-0.15, -0.1) is 11.3 Å². The first-order valence-corrected chi connectivity index (χ1v) is 10.6. The van der Waals surface area contributed by atoms with Gasteiger partial charge in [0, 0.05) is 24.5 Å². The van der Waals surface area contributed by atoms with E-state index in [1.165, 1.54) is 6.07 Å². The van der Waals surface area contributed by atoms with Gasteiger partial charge >= 0.3 is 0 Å². The first-order chi connectivity index (χ1) is 11.4. The summed E-state index contributed by atoms with van der Waals surface area (Å²) in [5.74, 6) is -0.211. The highest BCUT2D eigenvalue weighted by Crippen LogP contribution is 2.25. The summed E-state index contributed by atoms with van der Waals surface area (Å²) in [5, 5.41) is 3.42. The molecule has 0 unspecified atom stereocenters. The van der Waals surface area contributed by atoms with Crippen LogP contribution in [0, 0.1) is 0 Å². The molecule has 1 heterocycles. The van der Waals surface area contributed by atoms with Gasteiger partial charge in [0.2, 0.25) is 15.9 Å². The van der Waals surface area contributed by atoms with Crippen molar-refractivity contribution in [3.63, 3.8) is 0 Å². The van der Waals surface area contributed by atoms with Crippen LogP contribution in [0.5, 0.6) is 0 Å². The third-order valence-corrected chi connectivity index (χ3v) is 7.08. The Balaban J connectivity index is 1.71. The number of sulfonamides is 1. The molecule has 9 heteroatoms. The number of hydrogen-bond acceptors (Lipinski definition) is 4. The average Bonchev–Trinajstić information content (AvgIpc) is 2.96. The van der Waals surface area contributed by atoms with Crippen LogP contribution in [0.3, 0.4) is 0 Å². The van der Waals surface area contributed by atoms with Crippen LogP contribution in [-0.4, -0.2) is 27.4 Å². The minimum absolute atomic E-state index is 0.0514. The lowest BCUT2D eigenvalue weighted by Crippen LogP contribution is -2.31. The summed E-state index contributed by atoms with van der Waals surface area (Å²) in [7, 11) is -3.56. The molecule has 24 heavy (non-hydrogen) atoms. The van der Waals surface area contributed by atoms with Crippen LogP contribution in [0.2, 0.25) is 5.02 Å². The third kappa shape index (κ3) is 5.86. The number of rotatable bonds is 8. The molecule has 0 radical (unpaired) electrons. The molecule has 1 amide bonds. The Kier molecular flexibility index (Phi) is 7.24. The van der Waals surface area contributed by atoms with Crippen LogP contribution in [0.1, 0.15) is 12.0 Å². The van der Waals surface area contributed by atoms with Gasteiger partial charge in [-0.2, -0.15) is 0 Å². The molecule has 1 aromatic heterocycles. The Morgan fingerprint density at radius 1 is 1.17 bits per heavy atom. The molecular formula is C15H16BrClN2O3S2. The second-order valence-corrected chi connectivity index (χ2v) is 9.76. The van der Waals surface area contributed by atoms with Crippen LogP contribution in [0.15, 0.2) is 44.4 Å². The number of carbonyl (C=O) groups is 1. The van der Waals surface area contributed by atoms with Crippen molar-refractivity contribution in [1.29, 1.82) is 0 Å². The van der Waals surface area contributed by atoms with Crippen LogP contribution in [0.4, 0.5) is 0 Å². The van der Waals surface area contributed by atoms with Crippen molar-refractivity contribution in [2.45, 2.75) is 17.1 Å². The summed E-state index contributed by atoms with van der Waals surface area (Å²) in [6.07, 6.45) is 0.703. The lowest BCUT2D eigenvalue weighted by Gasteiger charge is -2.07. The molecule has 0 aliphatic heterocycles. The van der Waals surface area contributed by atoms with Crippen molar-refractivity contribution >= 4 is 54.8 Å². The highest BCUT2D eigenvalue weighted by Gasteiger charge is 2.16. The van der Waals surface area contributed by atoms with E-state index in [1.54, 1.807) is 12.1 Å². The van der Waals surface area contributed by atoms with E-state index in [4.69, 9.17) is 11.6 Å². The zero-order valence-electron chi connectivity index (χ0n) is 12.6. The molecule has 0 saturated carbocycles. The van der Waals surface area contributed by atoms with Gasteiger partial charge in [-0.3, -0.25) is 4.79 Å². The maximum absolute atomic E-state index is 12.0. The molecule has 0 atom stereocenters. The highest BCUT2D eigenvalue weighted by molar-refractivity contribution is 9.11. The van der Waals surface area contributed by atoms with Crippen molar-refractivity contribution in [1.82, 2.24) is 10.0 Å². The number of amides is 1. The van der Waals surface area contributed by atoms with Crippen LogP contribution >= 0.6 is 38.9 Å². The number of hydrogen-bond donors (Lipinski definition) is 2. The van der Waals surface area contributed by atoms with E-state index in [2.05, 4.69) is 26.0 Å². The molecule has 0 saturated heterocycles. The predicted molar refractivity (Wildman–Crippen MR) is 100.0 cm³/mol. The van der Waals surface area contributed by atoms with Crippen molar-refractivity contribution in [3.05, 3.63) is 50.8 Å². The predicted octanol–water partition coefficient (Wildman–Crippen LogP) is 3.19. The second kappa shape index (κ2) is 8.96. The average molecular weight is 452 g/mol. The van der Waals surface area contributed by atoms with Crippen molar-refractivity contribution in [2.75, 3.05) is 13.1 Å². The van der Waals surface area contributed by atoms with E-state index in [0.717, 1.165) is 20.7 Å². The molecule has 0 fully saturated rings. The Labute approximate surface area is 158 Å². The highest BCUT2D eigenvalue weighted by atomic mass is 79.9. The quantitative estimate of drug-likeness (QED) is 0.647. The van der Waals surface area contributed by atoms with Crippen LogP contribution in [0.25, 0.3) is 0 Å². The van der Waals surface area contributed by atoms with Gasteiger partial charge in [0.15, 0.2) is 0 Å². The smallest absolute Gasteiger partial charge is 0.250 e. The van der Waals surface area contributed by atoms with Crippen molar-refractivity contribution in [3.8, 4) is 0 Å². The summed E-state index contributed by atoms with van der Waals surface area (Å²) in [4.78, 5) is 11.8. The van der Waals surface area contributed by atoms with Gasteiger partial charge in [0.05, 0.1) is 3.79 Å². The topological polar surface area (TPSA) is 75.3 Å². The molecule has 2 aromatic rings. The number of halogens is 2. The number of carbonyl (C=O) groups excluding carboxylic acids is 1. The third-order valence-electron chi connectivity index (χ3n) is 3.13. The molecule has 0 aliphatic carbocycles. The molecule has 1 aromatic carbocycles. The molecule has 0 aliphatic rings. The maximum atomic E-state index is 12.0. The molecule has 2 N–H and O–H groups in total. The van der Waals surface area contributed by atoms with Crippen molar-refractivity contribution < 1.29 is 13.2 Å². The maximum Gasteiger partial charge on any atom is 0.250 e. The van der Waals surface area contributed by atoms with E-state index in [9.17, 15) is 13.2 Å². The van der Waals surface area contributed by atoms with Crippen molar-refractivity contribution in [2.24, 2.45) is 0 Å². The zero-order valence-corrected chi connectivity index (χ0v) is 16.6. The molecule has 130 valence electrons. The standard InChI is InChI=1S/C15H16BrClN2O3S2/c16-13-5-6-15(23-13)24(21,22)19-10-8-14(20)18-9-7-11-3-1-2-4-12(11)17/h1-6,19H,7-10H2,(H,18,20). The molecule has 5 nitrogen and oxygen atoms in total. The van der Waals surface area contributed by atoms with Gasteiger partial charge < -0.3 is 5.32 Å². The van der Waals surface area contributed by atoms with Gasteiger partial charge in [0.1, 0.15) is 4.21 Å². The minimum Gasteiger partial charge on any atom is -0.356 e. The summed E-state index contributed by atoms with van der Waals surface area (Å²) < 4.78 is 27.4. The SMILES string of the molecule is O=C(CCNS(=O)(=O)c1ccc(Br)s1)NCCc1ccccc1Cl. The van der Waals surface area contributed by atoms with Crippen LogP contribution in [-0.2, 0) is 21.2 Å². The van der Waals surface area contributed by atoms with E-state index in [-0.39, 0.29) is 23.1 Å². The fourth-order valence-electron chi connectivity index (χ4n) is 1.94. The Morgan fingerprint density at radius 2 is 1.92 bits per heavy atom. The summed E-state index contributed by atoms with van der Waals surface area (Å²) in [5.41, 5.74) is 0.962. The van der Waals surface area contributed by atoms with Crippen LogP contribution < -0.4 is 10.0 Å². The fraction of sp³-hybridized carbons (Fsp3) is 0.267. The molecular weight excluding hydrogens is 436 g/mol. The lowest BCUT2D eigenvalue weighted by atomic mass is 10.1. The normalized spacial score (nSPS) is 11.4. The zero-order chi connectivity index (χ0) is 17.6. The molecule has 2 rings (SSSR count). The largest absolute Gasteiger partial charge is 0.356 e. The van der Waals surface area contributed by atoms with E-state index >= 15 is 0 Å². The van der Waals surface area contributed by atoms with E-state index in [1.807, 2.05) is 18.2 Å². The summed E-state index contributed by atoms with van der Waals surface area (Å²) >= 11 is 10.4. The van der Waals surface area contributed by atoms with E-state index < -0.39 is 10.0 Å². The Morgan fingerprint density at radius 3 is 2.58 bits per heavy atom. The summed E-state index contributed by atoms with van der Waals surface area (Å²) in [6, 6.07) is 10.6. The Hall–Kier alpha value is -0.930. The minimum atomic E-state index is -3.56. The van der Waals surface area contributed by atoms with Gasteiger partial charge in [-0.25, -0.2) is 13.1 Å². The van der Waals surface area contributed by atoms with Gasteiger partial charge in [0.25, 0.3) is 0 Å². The molecule has 0 bridgehead atoms. The monoisotopic (exact) mass is 450 g/mol. The number of benzene rings is 1. The summed E-state index contributed by atoms with van der Waals surface area (Å²) in [6.45, 7) is 0.503. The number of thiophene rings is 1.